The SMILES string of the molecule is O=CC1CC[C@@H](c2ccc(O)c(OC3CCCC3)c2)CN1. The van der Waals surface area contributed by atoms with Crippen LogP contribution >= 0.6 is 0 Å². The van der Waals surface area contributed by atoms with Crippen LogP contribution < -0.4 is 10.1 Å². The van der Waals surface area contributed by atoms with Gasteiger partial charge in [-0.05, 0) is 62.1 Å². The summed E-state index contributed by atoms with van der Waals surface area (Å²) >= 11 is 0. The molecule has 1 aliphatic carbocycles. The Morgan fingerprint density at radius 1 is 1.19 bits per heavy atom. The van der Waals surface area contributed by atoms with Crippen LogP contribution in [0.2, 0.25) is 0 Å². The number of phenols is 1. The molecule has 1 aromatic rings. The van der Waals surface area contributed by atoms with Gasteiger partial charge >= 0.3 is 0 Å². The number of rotatable bonds is 4. The van der Waals surface area contributed by atoms with Gasteiger partial charge < -0.3 is 20.0 Å². The predicted molar refractivity (Wildman–Crippen MR) is 80.8 cm³/mol. The van der Waals surface area contributed by atoms with Gasteiger partial charge in [0.15, 0.2) is 11.5 Å². The number of hydrogen-bond donors (Lipinski definition) is 2. The maximum Gasteiger partial charge on any atom is 0.161 e. The van der Waals surface area contributed by atoms with E-state index in [0.717, 1.165) is 38.5 Å². The van der Waals surface area contributed by atoms with E-state index in [0.29, 0.717) is 11.7 Å². The van der Waals surface area contributed by atoms with Crippen LogP contribution in [-0.4, -0.2) is 30.1 Å². The molecule has 3 rings (SSSR count). The maximum absolute atomic E-state index is 10.8. The highest BCUT2D eigenvalue weighted by Gasteiger charge is 2.23. The van der Waals surface area contributed by atoms with E-state index in [1.54, 1.807) is 6.07 Å². The summed E-state index contributed by atoms with van der Waals surface area (Å²) in [5.41, 5.74) is 1.18. The zero-order valence-electron chi connectivity index (χ0n) is 12.3. The zero-order chi connectivity index (χ0) is 14.7. The van der Waals surface area contributed by atoms with E-state index in [1.807, 2.05) is 12.1 Å². The highest BCUT2D eigenvalue weighted by atomic mass is 16.5. The Hall–Kier alpha value is -1.55. The third-order valence-electron chi connectivity index (χ3n) is 4.67. The number of ether oxygens (including phenoxy) is 1. The normalized spacial score (nSPS) is 26.7. The quantitative estimate of drug-likeness (QED) is 0.837. The van der Waals surface area contributed by atoms with E-state index in [2.05, 4.69) is 5.32 Å². The number of aldehydes is 1. The van der Waals surface area contributed by atoms with Crippen LogP contribution in [0.15, 0.2) is 18.2 Å². The molecule has 1 heterocycles. The molecule has 2 N–H and O–H groups in total. The Labute approximate surface area is 125 Å². The summed E-state index contributed by atoms with van der Waals surface area (Å²) in [6, 6.07) is 5.66. The number of hydrogen-bond acceptors (Lipinski definition) is 4. The average molecular weight is 289 g/mol. The second-order valence-corrected chi connectivity index (χ2v) is 6.18. The summed E-state index contributed by atoms with van der Waals surface area (Å²) in [5, 5.41) is 13.2. The predicted octanol–water partition coefficient (Wildman–Crippen LogP) is 2.75. The molecule has 21 heavy (non-hydrogen) atoms. The second kappa shape index (κ2) is 6.48. The molecule has 4 nitrogen and oxygen atoms in total. The van der Waals surface area contributed by atoms with Crippen LogP contribution in [0.5, 0.6) is 11.5 Å². The topological polar surface area (TPSA) is 58.6 Å². The van der Waals surface area contributed by atoms with E-state index < -0.39 is 0 Å². The van der Waals surface area contributed by atoms with Gasteiger partial charge in [0.05, 0.1) is 12.1 Å². The molecular formula is C17H23NO3. The number of aromatic hydroxyl groups is 1. The molecule has 1 unspecified atom stereocenters. The number of benzene rings is 1. The lowest BCUT2D eigenvalue weighted by atomic mass is 9.89. The molecule has 0 amide bonds. The van der Waals surface area contributed by atoms with Crippen molar-refractivity contribution in [2.24, 2.45) is 0 Å². The number of carbonyl (C=O) groups is 1. The van der Waals surface area contributed by atoms with Gasteiger partial charge in [-0.3, -0.25) is 0 Å². The lowest BCUT2D eigenvalue weighted by molar-refractivity contribution is -0.110. The molecule has 4 heteroatoms. The third-order valence-corrected chi connectivity index (χ3v) is 4.67. The van der Waals surface area contributed by atoms with E-state index in [-0.39, 0.29) is 17.9 Å². The zero-order valence-corrected chi connectivity index (χ0v) is 12.3. The number of nitrogens with one attached hydrogen (secondary N) is 1. The molecule has 2 fully saturated rings. The summed E-state index contributed by atoms with van der Waals surface area (Å²) in [7, 11) is 0. The van der Waals surface area contributed by atoms with Crippen molar-refractivity contribution < 1.29 is 14.6 Å². The lowest BCUT2D eigenvalue weighted by Crippen LogP contribution is -2.38. The first-order valence-corrected chi connectivity index (χ1v) is 7.94. The van der Waals surface area contributed by atoms with Crippen molar-refractivity contribution in [3.8, 4) is 11.5 Å². The van der Waals surface area contributed by atoms with Gasteiger partial charge in [-0.1, -0.05) is 6.07 Å². The monoisotopic (exact) mass is 289 g/mol. The number of piperidine rings is 1. The molecule has 114 valence electrons. The average Bonchev–Trinajstić information content (AvgIpc) is 3.03. The summed E-state index contributed by atoms with van der Waals surface area (Å²) in [6.45, 7) is 0.803. The van der Waals surface area contributed by atoms with Crippen LogP contribution in [-0.2, 0) is 4.79 Å². The van der Waals surface area contributed by atoms with E-state index in [9.17, 15) is 9.90 Å². The molecule has 2 atom stereocenters. The summed E-state index contributed by atoms with van der Waals surface area (Å²) in [6.07, 6.45) is 7.68. The Morgan fingerprint density at radius 2 is 2.00 bits per heavy atom. The molecule has 1 saturated heterocycles. The Balaban J connectivity index is 1.69. The minimum absolute atomic E-state index is 0.00688. The third kappa shape index (κ3) is 3.38. The van der Waals surface area contributed by atoms with E-state index in [1.165, 1.54) is 18.4 Å². The second-order valence-electron chi connectivity index (χ2n) is 6.18. The Kier molecular flexibility index (Phi) is 4.44. The fourth-order valence-electron chi connectivity index (χ4n) is 3.34. The fourth-order valence-corrected chi connectivity index (χ4v) is 3.34. The molecule has 1 aromatic carbocycles. The smallest absolute Gasteiger partial charge is 0.161 e. The fraction of sp³-hybridized carbons (Fsp3) is 0.588. The van der Waals surface area contributed by atoms with E-state index in [4.69, 9.17) is 4.74 Å². The molecule has 0 bridgehead atoms. The van der Waals surface area contributed by atoms with Gasteiger partial charge in [-0.25, -0.2) is 0 Å². The number of phenolic OH excluding ortho intramolecular Hbond substituents is 1. The van der Waals surface area contributed by atoms with Crippen LogP contribution in [0.4, 0.5) is 0 Å². The van der Waals surface area contributed by atoms with Gasteiger partial charge in [0.1, 0.15) is 6.29 Å². The van der Waals surface area contributed by atoms with Gasteiger partial charge in [-0.15, -0.1) is 0 Å². The Morgan fingerprint density at radius 3 is 2.67 bits per heavy atom. The van der Waals surface area contributed by atoms with Crippen LogP contribution in [0.1, 0.15) is 50.0 Å². The molecule has 1 saturated carbocycles. The van der Waals surface area contributed by atoms with Gasteiger partial charge in [0, 0.05) is 6.54 Å². The van der Waals surface area contributed by atoms with Crippen LogP contribution in [0.25, 0.3) is 0 Å². The van der Waals surface area contributed by atoms with Gasteiger partial charge in [-0.2, -0.15) is 0 Å². The van der Waals surface area contributed by atoms with Gasteiger partial charge in [0.2, 0.25) is 0 Å². The highest BCUT2D eigenvalue weighted by Crippen LogP contribution is 2.35. The van der Waals surface area contributed by atoms with Gasteiger partial charge in [0.25, 0.3) is 0 Å². The highest BCUT2D eigenvalue weighted by molar-refractivity contribution is 5.57. The van der Waals surface area contributed by atoms with Crippen molar-refractivity contribution in [2.45, 2.75) is 56.6 Å². The van der Waals surface area contributed by atoms with Crippen molar-refractivity contribution >= 4 is 6.29 Å². The summed E-state index contributed by atoms with van der Waals surface area (Å²) in [4.78, 5) is 10.8. The summed E-state index contributed by atoms with van der Waals surface area (Å²) in [5.74, 6) is 1.21. The first-order valence-electron chi connectivity index (χ1n) is 7.94. The maximum atomic E-state index is 10.8. The standard InChI is InChI=1S/C17H23NO3/c19-11-14-7-5-13(10-18-14)12-6-8-16(20)17(9-12)21-15-3-1-2-4-15/h6,8-9,11,13-15,18,20H,1-5,7,10H2/t13-,14?/m1/s1. The van der Waals surface area contributed by atoms with Crippen molar-refractivity contribution in [1.82, 2.24) is 5.32 Å². The minimum Gasteiger partial charge on any atom is -0.504 e. The van der Waals surface area contributed by atoms with Crippen molar-refractivity contribution in [2.75, 3.05) is 6.54 Å². The van der Waals surface area contributed by atoms with Crippen molar-refractivity contribution in [3.05, 3.63) is 23.8 Å². The Bertz CT molecular complexity index is 489. The first-order chi connectivity index (χ1) is 10.3. The van der Waals surface area contributed by atoms with Crippen LogP contribution in [0.3, 0.4) is 0 Å². The molecule has 0 aromatic heterocycles. The molecule has 1 aliphatic heterocycles. The lowest BCUT2D eigenvalue weighted by Gasteiger charge is -2.27. The van der Waals surface area contributed by atoms with E-state index >= 15 is 0 Å². The first kappa shape index (κ1) is 14.4. The largest absolute Gasteiger partial charge is 0.504 e. The molecule has 2 aliphatic rings. The number of carbonyl (C=O) groups excluding carboxylic acids is 1. The van der Waals surface area contributed by atoms with Crippen molar-refractivity contribution in [1.29, 1.82) is 0 Å². The summed E-state index contributed by atoms with van der Waals surface area (Å²) < 4.78 is 5.95. The van der Waals surface area contributed by atoms with Crippen molar-refractivity contribution in [3.63, 3.8) is 0 Å². The van der Waals surface area contributed by atoms with Crippen LogP contribution in [0, 0.1) is 0 Å². The molecule has 0 radical (unpaired) electrons. The molecule has 0 spiro atoms. The molecular weight excluding hydrogens is 266 g/mol. The minimum atomic E-state index is -0.00688.